The van der Waals surface area contributed by atoms with E-state index < -0.39 is 34.0 Å². The number of aliphatic hydroxyl groups excluding tert-OH is 1. The number of aliphatic hydroxyl groups is 1. The van der Waals surface area contributed by atoms with Gasteiger partial charge in [0.15, 0.2) is 0 Å². The summed E-state index contributed by atoms with van der Waals surface area (Å²) in [7, 11) is -2.11. The van der Waals surface area contributed by atoms with Crippen LogP contribution >= 0.6 is 11.3 Å². The molecule has 244 valence electrons. The number of carbonyl (C=O) groups is 2. The fourth-order valence-electron chi connectivity index (χ4n) is 4.69. The molecule has 0 spiro atoms. The first-order valence-corrected chi connectivity index (χ1v) is 17.4. The highest BCUT2D eigenvalue weighted by atomic mass is 32.2. The van der Waals surface area contributed by atoms with Gasteiger partial charge < -0.3 is 25.8 Å². The van der Waals surface area contributed by atoms with Gasteiger partial charge in [-0.05, 0) is 55.3 Å². The number of anilines is 1. The second-order valence-electron chi connectivity index (χ2n) is 10.7. The van der Waals surface area contributed by atoms with Crippen LogP contribution < -0.4 is 25.4 Å². The zero-order chi connectivity index (χ0) is 33.1. The van der Waals surface area contributed by atoms with Crippen LogP contribution in [-0.2, 0) is 23.0 Å². The van der Waals surface area contributed by atoms with Crippen LogP contribution in [0.1, 0.15) is 57.4 Å². The number of hydrogen-bond acceptors (Lipinski definition) is 9. The first kappa shape index (κ1) is 34.6. The lowest BCUT2D eigenvalue weighted by Gasteiger charge is -2.24. The largest absolute Gasteiger partial charge is 0.497 e. The predicted molar refractivity (Wildman–Crippen MR) is 180 cm³/mol. The van der Waals surface area contributed by atoms with Crippen molar-refractivity contribution in [2.24, 2.45) is 0 Å². The maximum Gasteiger partial charge on any atom is 0.251 e. The molecule has 4 rings (SSSR count). The van der Waals surface area contributed by atoms with E-state index in [0.29, 0.717) is 12.2 Å². The van der Waals surface area contributed by atoms with Gasteiger partial charge in [-0.3, -0.25) is 14.3 Å². The van der Waals surface area contributed by atoms with Crippen molar-refractivity contribution >= 4 is 38.9 Å². The predicted octanol–water partition coefficient (Wildman–Crippen LogP) is 3.90. The van der Waals surface area contributed by atoms with Crippen molar-refractivity contribution in [3.8, 4) is 5.75 Å². The summed E-state index contributed by atoms with van der Waals surface area (Å²) in [5, 5.41) is 22.0. The van der Waals surface area contributed by atoms with E-state index in [1.165, 1.54) is 36.5 Å². The first-order chi connectivity index (χ1) is 22.1. The summed E-state index contributed by atoms with van der Waals surface area (Å²) in [4.78, 5) is 31.3. The summed E-state index contributed by atoms with van der Waals surface area (Å²) >= 11 is 1.40. The molecule has 0 aliphatic rings. The summed E-state index contributed by atoms with van der Waals surface area (Å²) in [5.74, 6) is -0.543. The Labute approximate surface area is 273 Å². The highest BCUT2D eigenvalue weighted by molar-refractivity contribution is 7.92. The highest BCUT2D eigenvalue weighted by Crippen LogP contribution is 2.20. The third-order valence-corrected chi connectivity index (χ3v) is 9.21. The summed E-state index contributed by atoms with van der Waals surface area (Å²) in [6.45, 7) is 3.94. The zero-order valence-corrected chi connectivity index (χ0v) is 27.5. The van der Waals surface area contributed by atoms with Crippen LogP contribution in [0, 0.1) is 0 Å². The smallest absolute Gasteiger partial charge is 0.251 e. The lowest BCUT2D eigenvalue weighted by molar-refractivity contribution is 0.0829. The van der Waals surface area contributed by atoms with Gasteiger partial charge >= 0.3 is 0 Å². The molecular weight excluding hydrogens is 627 g/mol. The second kappa shape index (κ2) is 16.3. The van der Waals surface area contributed by atoms with E-state index >= 15 is 0 Å². The number of rotatable bonds is 16. The minimum absolute atomic E-state index is 0.0497. The molecule has 0 aliphatic heterocycles. The van der Waals surface area contributed by atoms with Crippen molar-refractivity contribution in [3.05, 3.63) is 112 Å². The Hall–Kier alpha value is -4.30. The molecule has 0 aliphatic carbocycles. The van der Waals surface area contributed by atoms with Gasteiger partial charge in [-0.2, -0.15) is 0 Å². The van der Waals surface area contributed by atoms with Gasteiger partial charge in [0.2, 0.25) is 10.0 Å². The van der Waals surface area contributed by atoms with Crippen molar-refractivity contribution in [2.75, 3.05) is 24.1 Å². The van der Waals surface area contributed by atoms with Crippen LogP contribution in [0.25, 0.3) is 0 Å². The maximum absolute atomic E-state index is 13.7. The molecule has 46 heavy (non-hydrogen) atoms. The Morgan fingerprint density at radius 2 is 1.70 bits per heavy atom. The van der Waals surface area contributed by atoms with E-state index in [1.807, 2.05) is 66.9 Å². The molecular formula is C33H39N5O6S2. The van der Waals surface area contributed by atoms with Crippen molar-refractivity contribution in [2.45, 2.75) is 45.0 Å². The van der Waals surface area contributed by atoms with Crippen molar-refractivity contribution in [3.63, 3.8) is 0 Å². The lowest BCUT2D eigenvalue weighted by atomic mass is 10.0. The lowest BCUT2D eigenvalue weighted by Crippen LogP contribution is -2.48. The van der Waals surface area contributed by atoms with Gasteiger partial charge in [0.05, 0.1) is 47.9 Å². The average Bonchev–Trinajstić information content (AvgIpc) is 3.57. The molecule has 1 heterocycles. The fourth-order valence-corrected chi connectivity index (χ4v) is 5.89. The van der Waals surface area contributed by atoms with Gasteiger partial charge in [-0.15, -0.1) is 11.3 Å². The number of amides is 2. The summed E-state index contributed by atoms with van der Waals surface area (Å²) in [6, 6.07) is 20.0. The monoisotopic (exact) mass is 665 g/mol. The van der Waals surface area contributed by atoms with Crippen molar-refractivity contribution < 1.29 is 27.9 Å². The summed E-state index contributed by atoms with van der Waals surface area (Å²) < 4.78 is 32.5. The van der Waals surface area contributed by atoms with Crippen LogP contribution in [0.15, 0.2) is 83.7 Å². The first-order valence-electron chi connectivity index (χ1n) is 14.8. The molecule has 1 aromatic heterocycles. The van der Waals surface area contributed by atoms with Gasteiger partial charge in [0, 0.05) is 36.0 Å². The van der Waals surface area contributed by atoms with Crippen LogP contribution in [-0.4, -0.2) is 61.9 Å². The molecule has 5 N–H and O–H groups in total. The highest BCUT2D eigenvalue weighted by Gasteiger charge is 2.25. The Bertz CT molecular complexity index is 1700. The SMILES string of the molecule is CCS(=O)(=O)Nc1cc(C(=O)N[C@@H](Cc2cscn2)[C@H](O)CNCc2cccc(OC)c2)cc(C(=O)N[C@H](C)c2ccccc2)c1. The van der Waals surface area contributed by atoms with E-state index in [0.717, 1.165) is 16.9 Å². The van der Waals surface area contributed by atoms with Gasteiger partial charge in [0.25, 0.3) is 11.8 Å². The number of sulfonamides is 1. The Kier molecular flexibility index (Phi) is 12.3. The van der Waals surface area contributed by atoms with E-state index in [2.05, 4.69) is 25.7 Å². The fraction of sp³-hybridized carbons (Fsp3) is 0.303. The zero-order valence-electron chi connectivity index (χ0n) is 25.9. The summed E-state index contributed by atoms with van der Waals surface area (Å²) in [6.07, 6.45) is -0.756. The number of methoxy groups -OCH3 is 1. The molecule has 3 atom stereocenters. The molecule has 0 bridgehead atoms. The molecule has 0 saturated carbocycles. The quantitative estimate of drug-likeness (QED) is 0.121. The molecule has 0 radical (unpaired) electrons. The van der Waals surface area contributed by atoms with Gasteiger partial charge in [-0.1, -0.05) is 42.5 Å². The molecule has 13 heteroatoms. The Morgan fingerprint density at radius 1 is 0.978 bits per heavy atom. The average molecular weight is 666 g/mol. The van der Waals surface area contributed by atoms with Crippen molar-refractivity contribution in [1.82, 2.24) is 20.9 Å². The van der Waals surface area contributed by atoms with E-state index in [9.17, 15) is 23.1 Å². The Balaban J connectivity index is 1.54. The van der Waals surface area contributed by atoms with E-state index in [-0.39, 0.29) is 41.6 Å². The molecule has 4 aromatic rings. The second-order valence-corrected chi connectivity index (χ2v) is 13.5. The van der Waals surface area contributed by atoms with Gasteiger partial charge in [0.1, 0.15) is 5.75 Å². The number of ether oxygens (including phenoxy) is 1. The number of thiazole rings is 1. The minimum atomic E-state index is -3.71. The number of carbonyl (C=O) groups excluding carboxylic acids is 2. The van der Waals surface area contributed by atoms with Crippen LogP contribution in [0.5, 0.6) is 5.75 Å². The molecule has 11 nitrogen and oxygen atoms in total. The van der Waals surface area contributed by atoms with Crippen LogP contribution in [0.3, 0.4) is 0 Å². The number of benzene rings is 3. The Morgan fingerprint density at radius 3 is 2.35 bits per heavy atom. The van der Waals surface area contributed by atoms with Crippen LogP contribution in [0.2, 0.25) is 0 Å². The number of nitrogens with one attached hydrogen (secondary N) is 4. The number of aromatic nitrogens is 1. The van der Waals surface area contributed by atoms with E-state index in [4.69, 9.17) is 4.74 Å². The van der Waals surface area contributed by atoms with E-state index in [1.54, 1.807) is 12.6 Å². The van der Waals surface area contributed by atoms with Crippen molar-refractivity contribution in [1.29, 1.82) is 0 Å². The normalized spacial score (nSPS) is 13.3. The third-order valence-electron chi connectivity index (χ3n) is 7.27. The summed E-state index contributed by atoms with van der Waals surface area (Å²) in [5.41, 5.74) is 4.44. The standard InChI is InChI=1S/C33H39N5O6S2/c1-4-46(42,43)38-27-15-25(32(40)36-22(2)24-10-6-5-7-11-24)14-26(16-27)33(41)37-30(17-28-20-45-21-35-28)31(39)19-34-18-23-9-8-12-29(13-23)44-3/h5-16,20-22,30-31,34,38-39H,4,17-19H2,1-3H3,(H,36,40)(H,37,41)/t22-,30+,31-/m1/s1. The molecule has 0 unspecified atom stereocenters. The molecule has 3 aromatic carbocycles. The van der Waals surface area contributed by atoms with Gasteiger partial charge in [-0.25, -0.2) is 13.4 Å². The molecule has 2 amide bonds. The third kappa shape index (κ3) is 10.1. The number of hydrogen-bond donors (Lipinski definition) is 5. The molecule has 0 fully saturated rings. The maximum atomic E-state index is 13.7. The topological polar surface area (TPSA) is 159 Å². The van der Waals surface area contributed by atoms with Crippen LogP contribution in [0.4, 0.5) is 5.69 Å². The minimum Gasteiger partial charge on any atom is -0.497 e. The number of nitrogens with zero attached hydrogens (tertiary/aromatic N) is 1. The molecule has 0 saturated heterocycles.